The lowest BCUT2D eigenvalue weighted by atomic mass is 10.0. The summed E-state index contributed by atoms with van der Waals surface area (Å²) >= 11 is 5.98. The maximum absolute atomic E-state index is 13.7. The number of unbranched alkanes of at least 4 members (excludes halogenated alkanes) is 1. The van der Waals surface area contributed by atoms with Gasteiger partial charge in [-0.1, -0.05) is 31.0 Å². The Labute approximate surface area is 301 Å². The molecule has 1 saturated heterocycles. The highest BCUT2D eigenvalue weighted by atomic mass is 35.5. The number of anilines is 2. The molecule has 1 aromatic heterocycles. The van der Waals surface area contributed by atoms with Gasteiger partial charge in [0.1, 0.15) is 43.3 Å². The number of quaternary nitrogens is 1. The normalized spacial score (nSPS) is 15.0. The van der Waals surface area contributed by atoms with Crippen LogP contribution in [0.1, 0.15) is 43.4 Å². The molecule has 5 N–H and O–H groups in total. The number of phosphoric acid groups is 1. The number of aliphatic hydroxyl groups excluding tert-OH is 1. The molecule has 1 aliphatic rings. The van der Waals surface area contributed by atoms with E-state index < -0.39 is 19.7 Å². The molecule has 0 saturated carbocycles. The lowest BCUT2D eigenvalue weighted by Crippen LogP contribution is -2.55. The SMILES string of the molecule is CCCCNCC(O)c1ccc(C[N+]2(CCCOc3cc4c(Nc5ccc(F)c(Cl)c5)ncnc4cc3OC)CCOCC2)c(OP(=O)(O)O)c1. The van der Waals surface area contributed by atoms with Gasteiger partial charge < -0.3 is 39.0 Å². The second kappa shape index (κ2) is 17.8. The zero-order chi connectivity index (χ0) is 36.4. The number of aliphatic hydroxyl groups is 1. The molecular formula is C35H45ClFN5O8P+. The zero-order valence-electron chi connectivity index (χ0n) is 28.7. The summed E-state index contributed by atoms with van der Waals surface area (Å²) < 4.78 is 49.0. The second-order valence-electron chi connectivity index (χ2n) is 12.5. The van der Waals surface area contributed by atoms with Gasteiger partial charge in [-0.25, -0.2) is 18.9 Å². The van der Waals surface area contributed by atoms with E-state index in [1.165, 1.54) is 24.5 Å². The fraction of sp³-hybridized carbons (Fsp3) is 0.429. The van der Waals surface area contributed by atoms with E-state index in [1.54, 1.807) is 37.4 Å². The van der Waals surface area contributed by atoms with Crippen LogP contribution in [0.15, 0.2) is 54.9 Å². The number of phosphoric ester groups is 1. The first-order valence-electron chi connectivity index (χ1n) is 16.9. The molecule has 4 aromatic rings. The topological polar surface area (TPSA) is 165 Å². The number of rotatable bonds is 18. The van der Waals surface area contributed by atoms with Gasteiger partial charge in [0.2, 0.25) is 0 Å². The third-order valence-corrected chi connectivity index (χ3v) is 9.53. The maximum Gasteiger partial charge on any atom is 0.524 e. The molecule has 5 rings (SSSR count). The van der Waals surface area contributed by atoms with Crippen LogP contribution >= 0.6 is 19.4 Å². The van der Waals surface area contributed by atoms with Gasteiger partial charge >= 0.3 is 7.82 Å². The number of aromatic nitrogens is 2. The van der Waals surface area contributed by atoms with Crippen LogP contribution in [0.3, 0.4) is 0 Å². The number of nitrogens with one attached hydrogen (secondary N) is 2. The molecule has 0 radical (unpaired) electrons. The lowest BCUT2D eigenvalue weighted by Gasteiger charge is -2.41. The average molecular weight is 749 g/mol. The fourth-order valence-corrected chi connectivity index (χ4v) is 6.67. The van der Waals surface area contributed by atoms with Crippen molar-refractivity contribution in [3.05, 3.63) is 76.8 Å². The van der Waals surface area contributed by atoms with E-state index >= 15 is 0 Å². The molecule has 51 heavy (non-hydrogen) atoms. The summed E-state index contributed by atoms with van der Waals surface area (Å²) in [5.41, 5.74) is 2.29. The minimum absolute atomic E-state index is 0.0168. The predicted molar refractivity (Wildman–Crippen MR) is 192 cm³/mol. The standard InChI is InChI=1S/C35H44ClFN5O8P/c1-3-4-10-38-21-31(43)24-6-7-25(32(17-24)50-51(44,45)46)22-42(12-15-48-16-13-42)11-5-14-49-34-19-27-30(20-33(34)47-2)39-23-40-35(27)41-26-8-9-29(37)28(36)18-26/h6-9,17-20,23,31,38,43H,3-5,10-16,21-22H2,1-2H3,(H2-,39,40,41,44,45,46)/p+1. The van der Waals surface area contributed by atoms with Crippen molar-refractivity contribution < 1.29 is 47.1 Å². The molecule has 1 aliphatic heterocycles. The van der Waals surface area contributed by atoms with Crippen LogP contribution in [0.5, 0.6) is 17.2 Å². The summed E-state index contributed by atoms with van der Waals surface area (Å²) in [6.45, 7) is 7.03. The Bertz CT molecular complexity index is 1830. The number of halogens is 2. The molecule has 0 bridgehead atoms. The first kappa shape index (κ1) is 38.6. The Hall–Kier alpha value is -3.59. The molecule has 1 unspecified atom stereocenters. The minimum atomic E-state index is -4.88. The molecule has 13 nitrogen and oxygen atoms in total. The van der Waals surface area contributed by atoms with Crippen molar-refractivity contribution in [1.82, 2.24) is 15.3 Å². The van der Waals surface area contributed by atoms with Crippen molar-refractivity contribution in [3.8, 4) is 17.2 Å². The Morgan fingerprint density at radius 3 is 2.59 bits per heavy atom. The van der Waals surface area contributed by atoms with Crippen molar-refractivity contribution in [3.63, 3.8) is 0 Å². The van der Waals surface area contributed by atoms with Gasteiger partial charge in [-0.05, 0) is 54.9 Å². The average Bonchev–Trinajstić information content (AvgIpc) is 3.10. The van der Waals surface area contributed by atoms with E-state index in [0.29, 0.717) is 108 Å². The third kappa shape index (κ3) is 10.7. The number of nitrogens with zero attached hydrogens (tertiary/aromatic N) is 3. The molecule has 0 spiro atoms. The van der Waals surface area contributed by atoms with Crippen LogP contribution in [0.25, 0.3) is 10.9 Å². The van der Waals surface area contributed by atoms with E-state index in [1.807, 2.05) is 0 Å². The third-order valence-electron chi connectivity index (χ3n) is 8.80. The second-order valence-corrected chi connectivity index (χ2v) is 14.1. The summed E-state index contributed by atoms with van der Waals surface area (Å²) in [7, 11) is -3.33. The Morgan fingerprint density at radius 1 is 1.06 bits per heavy atom. The number of hydrogen-bond donors (Lipinski definition) is 5. The Kier molecular flexibility index (Phi) is 13.5. The summed E-state index contributed by atoms with van der Waals surface area (Å²) in [6.07, 6.45) is 3.19. The van der Waals surface area contributed by atoms with Crippen LogP contribution in [0.4, 0.5) is 15.9 Å². The quantitative estimate of drug-likeness (QED) is 0.0467. The van der Waals surface area contributed by atoms with E-state index in [9.17, 15) is 23.8 Å². The monoisotopic (exact) mass is 748 g/mol. The first-order chi connectivity index (χ1) is 24.5. The molecule has 0 aliphatic carbocycles. The number of ether oxygens (including phenoxy) is 3. The maximum atomic E-state index is 13.7. The van der Waals surface area contributed by atoms with Crippen LogP contribution < -0.4 is 24.6 Å². The molecule has 1 fully saturated rings. The smallest absolute Gasteiger partial charge is 0.493 e. The van der Waals surface area contributed by atoms with E-state index in [-0.39, 0.29) is 10.8 Å². The molecule has 16 heteroatoms. The van der Waals surface area contributed by atoms with Crippen molar-refractivity contribution in [2.45, 2.75) is 38.8 Å². The number of benzene rings is 3. The summed E-state index contributed by atoms with van der Waals surface area (Å²) in [6, 6.07) is 12.9. The summed E-state index contributed by atoms with van der Waals surface area (Å²) in [5, 5.41) is 17.8. The van der Waals surface area contributed by atoms with Gasteiger partial charge in [-0.3, -0.25) is 9.79 Å². The Morgan fingerprint density at radius 2 is 1.86 bits per heavy atom. The zero-order valence-corrected chi connectivity index (χ0v) is 30.3. The number of methoxy groups -OCH3 is 1. The molecule has 0 amide bonds. The van der Waals surface area contributed by atoms with Crippen molar-refractivity contribution in [1.29, 1.82) is 0 Å². The first-order valence-corrected chi connectivity index (χ1v) is 18.8. The van der Waals surface area contributed by atoms with Gasteiger partial charge in [0.15, 0.2) is 11.5 Å². The van der Waals surface area contributed by atoms with Gasteiger partial charge in [-0.15, -0.1) is 0 Å². The Balaban J connectivity index is 1.30. The van der Waals surface area contributed by atoms with E-state index in [0.717, 1.165) is 19.4 Å². The van der Waals surface area contributed by atoms with Gasteiger partial charge in [-0.2, -0.15) is 0 Å². The number of hydrogen-bond acceptors (Lipinski definition) is 10. The molecule has 1 atom stereocenters. The number of morpholine rings is 1. The molecule has 3 aromatic carbocycles. The fourth-order valence-electron chi connectivity index (χ4n) is 6.06. The van der Waals surface area contributed by atoms with Gasteiger partial charge in [0.25, 0.3) is 0 Å². The van der Waals surface area contributed by atoms with E-state index in [4.69, 9.17) is 30.3 Å². The highest BCUT2D eigenvalue weighted by molar-refractivity contribution is 7.46. The summed E-state index contributed by atoms with van der Waals surface area (Å²) in [4.78, 5) is 28.2. The van der Waals surface area contributed by atoms with Crippen molar-refractivity contribution >= 4 is 41.8 Å². The van der Waals surface area contributed by atoms with Crippen LogP contribution in [0.2, 0.25) is 5.02 Å². The molecular weight excluding hydrogens is 704 g/mol. The van der Waals surface area contributed by atoms with E-state index in [2.05, 4.69) is 27.5 Å². The van der Waals surface area contributed by atoms with Gasteiger partial charge in [0.05, 0.1) is 50.1 Å². The van der Waals surface area contributed by atoms with Crippen molar-refractivity contribution in [2.24, 2.45) is 0 Å². The highest BCUT2D eigenvalue weighted by Gasteiger charge is 2.33. The molecule has 2 heterocycles. The lowest BCUT2D eigenvalue weighted by molar-refractivity contribution is -0.947. The summed E-state index contributed by atoms with van der Waals surface area (Å²) in [5.74, 6) is 0.987. The predicted octanol–water partition coefficient (Wildman–Crippen LogP) is 5.89. The van der Waals surface area contributed by atoms with Crippen molar-refractivity contribution in [2.75, 3.05) is 65.0 Å². The largest absolute Gasteiger partial charge is 0.524 e. The van der Waals surface area contributed by atoms with Crippen LogP contribution in [0, 0.1) is 5.82 Å². The van der Waals surface area contributed by atoms with Crippen LogP contribution in [-0.4, -0.2) is 89.0 Å². The molecule has 276 valence electrons. The number of fused-ring (bicyclic) bond motifs is 1. The van der Waals surface area contributed by atoms with Gasteiger partial charge in [0, 0.05) is 35.7 Å². The van der Waals surface area contributed by atoms with Crippen LogP contribution in [-0.2, 0) is 15.8 Å². The minimum Gasteiger partial charge on any atom is -0.493 e. The highest BCUT2D eigenvalue weighted by Crippen LogP contribution is 2.41.